The zero-order valence-electron chi connectivity index (χ0n) is 10.6. The molecule has 0 amide bonds. The zero-order valence-corrected chi connectivity index (χ0v) is 12.2. The number of aryl methyl sites for hydroxylation is 1. The summed E-state index contributed by atoms with van der Waals surface area (Å²) in [5.74, 6) is -0.571. The summed E-state index contributed by atoms with van der Waals surface area (Å²) in [7, 11) is 1.59. The normalized spacial score (nSPS) is 12.4. The molecule has 0 fully saturated rings. The third-order valence-electron chi connectivity index (χ3n) is 2.89. The van der Waals surface area contributed by atoms with Crippen molar-refractivity contribution in [3.63, 3.8) is 0 Å². The van der Waals surface area contributed by atoms with Crippen molar-refractivity contribution in [2.75, 3.05) is 7.05 Å². The summed E-state index contributed by atoms with van der Waals surface area (Å²) in [6.45, 7) is 2.00. The summed E-state index contributed by atoms with van der Waals surface area (Å²) in [5.41, 5.74) is 2.89. The Balaban J connectivity index is 2.40. The SMILES string of the molecule is CNC(C(=O)O)c1ncc(-c2cc(Br)ccc2C)[nH]1. The Kier molecular flexibility index (Phi) is 4.01. The van der Waals surface area contributed by atoms with Gasteiger partial charge in [0.25, 0.3) is 0 Å². The van der Waals surface area contributed by atoms with Crippen LogP contribution in [0.3, 0.4) is 0 Å². The van der Waals surface area contributed by atoms with E-state index < -0.39 is 12.0 Å². The van der Waals surface area contributed by atoms with Gasteiger partial charge >= 0.3 is 5.97 Å². The highest BCUT2D eigenvalue weighted by Gasteiger charge is 2.21. The van der Waals surface area contributed by atoms with Gasteiger partial charge in [0.1, 0.15) is 5.82 Å². The van der Waals surface area contributed by atoms with Crippen molar-refractivity contribution in [2.45, 2.75) is 13.0 Å². The predicted molar refractivity (Wildman–Crippen MR) is 75.9 cm³/mol. The number of halogens is 1. The maximum atomic E-state index is 11.1. The first-order valence-electron chi connectivity index (χ1n) is 5.74. The van der Waals surface area contributed by atoms with Crippen molar-refractivity contribution in [1.29, 1.82) is 0 Å². The highest BCUT2D eigenvalue weighted by molar-refractivity contribution is 9.10. The molecule has 0 spiro atoms. The van der Waals surface area contributed by atoms with Crippen molar-refractivity contribution >= 4 is 21.9 Å². The molecule has 1 aromatic heterocycles. The van der Waals surface area contributed by atoms with Crippen molar-refractivity contribution in [3.8, 4) is 11.3 Å². The summed E-state index contributed by atoms with van der Waals surface area (Å²) in [6.07, 6.45) is 1.65. The van der Waals surface area contributed by atoms with Crippen LogP contribution < -0.4 is 5.32 Å². The van der Waals surface area contributed by atoms with Gasteiger partial charge < -0.3 is 15.4 Å². The van der Waals surface area contributed by atoms with E-state index in [-0.39, 0.29) is 0 Å². The lowest BCUT2D eigenvalue weighted by Crippen LogP contribution is -2.26. The lowest BCUT2D eigenvalue weighted by atomic mass is 10.1. The van der Waals surface area contributed by atoms with E-state index in [1.807, 2.05) is 25.1 Å². The predicted octanol–water partition coefficient (Wildman–Crippen LogP) is 2.49. The fourth-order valence-corrected chi connectivity index (χ4v) is 2.24. The summed E-state index contributed by atoms with van der Waals surface area (Å²) >= 11 is 3.43. The molecule has 1 atom stereocenters. The number of hydrogen-bond donors (Lipinski definition) is 3. The molecule has 1 aromatic carbocycles. The van der Waals surface area contributed by atoms with E-state index in [4.69, 9.17) is 5.11 Å². The number of carboxylic acids is 1. The molecule has 100 valence electrons. The second-order valence-corrected chi connectivity index (χ2v) is 5.12. The molecule has 0 saturated carbocycles. The molecule has 19 heavy (non-hydrogen) atoms. The number of carbonyl (C=O) groups is 1. The van der Waals surface area contributed by atoms with Gasteiger partial charge in [-0.3, -0.25) is 4.79 Å². The quantitative estimate of drug-likeness (QED) is 0.807. The number of benzene rings is 1. The fraction of sp³-hybridized carbons (Fsp3) is 0.231. The molecule has 2 rings (SSSR count). The number of H-pyrrole nitrogens is 1. The Hall–Kier alpha value is -1.66. The highest BCUT2D eigenvalue weighted by atomic mass is 79.9. The molecule has 1 heterocycles. The van der Waals surface area contributed by atoms with Gasteiger partial charge in [0.2, 0.25) is 0 Å². The largest absolute Gasteiger partial charge is 0.480 e. The van der Waals surface area contributed by atoms with Gasteiger partial charge in [-0.25, -0.2) is 4.98 Å². The van der Waals surface area contributed by atoms with Crippen molar-refractivity contribution in [2.24, 2.45) is 0 Å². The number of carboxylic acid groups (broad SMARTS) is 1. The van der Waals surface area contributed by atoms with Crippen molar-refractivity contribution < 1.29 is 9.90 Å². The zero-order chi connectivity index (χ0) is 14.0. The van der Waals surface area contributed by atoms with Crippen LogP contribution >= 0.6 is 15.9 Å². The first-order valence-corrected chi connectivity index (χ1v) is 6.53. The molecule has 0 aliphatic rings. The lowest BCUT2D eigenvalue weighted by molar-refractivity contribution is -0.139. The number of aromatic amines is 1. The van der Waals surface area contributed by atoms with E-state index in [9.17, 15) is 4.79 Å². The molecular formula is C13H14BrN3O2. The smallest absolute Gasteiger partial charge is 0.328 e. The van der Waals surface area contributed by atoms with Crippen LogP contribution in [0.15, 0.2) is 28.9 Å². The molecule has 5 nitrogen and oxygen atoms in total. The number of nitrogens with zero attached hydrogens (tertiary/aromatic N) is 1. The van der Waals surface area contributed by atoms with E-state index >= 15 is 0 Å². The number of likely N-dealkylation sites (N-methyl/N-ethyl adjacent to an activating group) is 1. The average Bonchev–Trinajstić information content (AvgIpc) is 2.82. The lowest BCUT2D eigenvalue weighted by Gasteiger charge is -2.08. The van der Waals surface area contributed by atoms with Crippen LogP contribution in [0.25, 0.3) is 11.3 Å². The minimum absolute atomic E-state index is 0.393. The van der Waals surface area contributed by atoms with E-state index in [2.05, 4.69) is 31.2 Å². The first-order chi connectivity index (χ1) is 9.02. The molecule has 0 radical (unpaired) electrons. The van der Waals surface area contributed by atoms with E-state index in [0.29, 0.717) is 5.82 Å². The molecule has 6 heteroatoms. The van der Waals surface area contributed by atoms with Gasteiger partial charge in [-0.2, -0.15) is 0 Å². The van der Waals surface area contributed by atoms with Crippen molar-refractivity contribution in [3.05, 3.63) is 40.3 Å². The topological polar surface area (TPSA) is 78.0 Å². The molecule has 2 aromatic rings. The van der Waals surface area contributed by atoms with Gasteiger partial charge in [-0.15, -0.1) is 0 Å². The summed E-state index contributed by atoms with van der Waals surface area (Å²) in [6, 6.07) is 5.10. The minimum atomic E-state index is -0.964. The molecule has 0 saturated heterocycles. The van der Waals surface area contributed by atoms with Gasteiger partial charge in [-0.1, -0.05) is 22.0 Å². The third-order valence-corrected chi connectivity index (χ3v) is 3.39. The average molecular weight is 324 g/mol. The fourth-order valence-electron chi connectivity index (χ4n) is 1.88. The number of aliphatic carboxylic acids is 1. The van der Waals surface area contributed by atoms with Crippen molar-refractivity contribution in [1.82, 2.24) is 15.3 Å². The van der Waals surface area contributed by atoms with E-state index in [1.54, 1.807) is 13.2 Å². The monoisotopic (exact) mass is 323 g/mol. The van der Waals surface area contributed by atoms with E-state index in [0.717, 1.165) is 21.3 Å². The number of aromatic nitrogens is 2. The summed E-state index contributed by atoms with van der Waals surface area (Å²) in [5, 5.41) is 11.8. The van der Waals surface area contributed by atoms with Crippen LogP contribution in [-0.2, 0) is 4.79 Å². The first kappa shape index (κ1) is 13.8. The van der Waals surface area contributed by atoms with Crippen LogP contribution in [-0.4, -0.2) is 28.1 Å². The Morgan fingerprint density at radius 3 is 2.89 bits per heavy atom. The van der Waals surface area contributed by atoms with Gasteiger partial charge in [0, 0.05) is 10.0 Å². The number of hydrogen-bond acceptors (Lipinski definition) is 3. The highest BCUT2D eigenvalue weighted by Crippen LogP contribution is 2.26. The Labute approximate surface area is 119 Å². The molecule has 3 N–H and O–H groups in total. The molecule has 0 bridgehead atoms. The maximum absolute atomic E-state index is 11.1. The second-order valence-electron chi connectivity index (χ2n) is 4.20. The number of rotatable bonds is 4. The number of nitrogens with one attached hydrogen (secondary N) is 2. The minimum Gasteiger partial charge on any atom is -0.480 e. The van der Waals surface area contributed by atoms with Crippen LogP contribution in [0.5, 0.6) is 0 Å². The van der Waals surface area contributed by atoms with Crippen LogP contribution in [0.4, 0.5) is 0 Å². The Morgan fingerprint density at radius 2 is 2.26 bits per heavy atom. The van der Waals surface area contributed by atoms with Crippen LogP contribution in [0.1, 0.15) is 17.4 Å². The Bertz CT molecular complexity index is 610. The molecule has 0 aliphatic heterocycles. The second kappa shape index (κ2) is 5.54. The van der Waals surface area contributed by atoms with Gasteiger partial charge in [0.05, 0.1) is 11.9 Å². The van der Waals surface area contributed by atoms with Gasteiger partial charge in [0.15, 0.2) is 6.04 Å². The standard InChI is InChI=1S/C13H14BrN3O2/c1-7-3-4-8(14)5-9(7)10-6-16-12(17-10)11(15-2)13(18)19/h3-6,11,15H,1-2H3,(H,16,17)(H,18,19). The molecule has 0 aliphatic carbocycles. The van der Waals surface area contributed by atoms with Crippen LogP contribution in [0, 0.1) is 6.92 Å². The molecular weight excluding hydrogens is 310 g/mol. The van der Waals surface area contributed by atoms with Crippen LogP contribution in [0.2, 0.25) is 0 Å². The third kappa shape index (κ3) is 2.85. The maximum Gasteiger partial charge on any atom is 0.328 e. The van der Waals surface area contributed by atoms with Gasteiger partial charge in [-0.05, 0) is 31.7 Å². The summed E-state index contributed by atoms with van der Waals surface area (Å²) < 4.78 is 0.965. The Morgan fingerprint density at radius 1 is 1.53 bits per heavy atom. The number of imidazole rings is 1. The van der Waals surface area contributed by atoms with E-state index in [1.165, 1.54) is 0 Å². The molecule has 1 unspecified atom stereocenters. The summed E-state index contributed by atoms with van der Waals surface area (Å²) in [4.78, 5) is 18.3.